The predicted molar refractivity (Wildman–Crippen MR) is 49.1 cm³/mol. The molecule has 2 aliphatic heterocycles. The Hall–Kier alpha value is -0.0800. The van der Waals surface area contributed by atoms with Gasteiger partial charge in [-0.15, -0.1) is 0 Å². The Morgan fingerprint density at radius 1 is 1.33 bits per heavy atom. The molecule has 0 amide bonds. The Labute approximate surface area is 74.3 Å². The summed E-state index contributed by atoms with van der Waals surface area (Å²) < 4.78 is 0. The van der Waals surface area contributed by atoms with Crippen LogP contribution in [0, 0.1) is 5.41 Å². The zero-order valence-electron chi connectivity index (χ0n) is 7.68. The minimum atomic E-state index is 0.823. The normalized spacial score (nSPS) is 38.5. The summed E-state index contributed by atoms with van der Waals surface area (Å²) in [5, 5.41) is 3.48. The van der Waals surface area contributed by atoms with E-state index in [1.54, 1.807) is 0 Å². The SMILES string of the molecule is C1CC(CN2CCC3(CC3)C2)N1. The highest BCUT2D eigenvalue weighted by molar-refractivity contribution is 5.01. The molecule has 3 rings (SSSR count). The van der Waals surface area contributed by atoms with Gasteiger partial charge in [0.2, 0.25) is 0 Å². The predicted octanol–water partition coefficient (Wildman–Crippen LogP) is 0.834. The number of hydrogen-bond donors (Lipinski definition) is 1. The first-order valence-corrected chi connectivity index (χ1v) is 5.32. The summed E-state index contributed by atoms with van der Waals surface area (Å²) in [5.74, 6) is 0. The van der Waals surface area contributed by atoms with E-state index in [9.17, 15) is 0 Å². The summed E-state index contributed by atoms with van der Waals surface area (Å²) >= 11 is 0. The van der Waals surface area contributed by atoms with Crippen molar-refractivity contribution in [1.82, 2.24) is 10.2 Å². The van der Waals surface area contributed by atoms with Crippen LogP contribution < -0.4 is 5.32 Å². The monoisotopic (exact) mass is 166 g/mol. The molecule has 1 unspecified atom stereocenters. The van der Waals surface area contributed by atoms with Gasteiger partial charge in [-0.1, -0.05) is 0 Å². The van der Waals surface area contributed by atoms with Crippen LogP contribution >= 0.6 is 0 Å². The van der Waals surface area contributed by atoms with Crippen molar-refractivity contribution in [2.75, 3.05) is 26.2 Å². The number of likely N-dealkylation sites (tertiary alicyclic amines) is 1. The van der Waals surface area contributed by atoms with E-state index in [-0.39, 0.29) is 0 Å². The lowest BCUT2D eigenvalue weighted by Gasteiger charge is -2.31. The number of nitrogens with one attached hydrogen (secondary N) is 1. The Morgan fingerprint density at radius 3 is 2.67 bits per heavy atom. The van der Waals surface area contributed by atoms with Gasteiger partial charge in [-0.3, -0.25) is 0 Å². The molecule has 0 bridgehead atoms. The molecular formula is C10H18N2. The van der Waals surface area contributed by atoms with Gasteiger partial charge in [0.15, 0.2) is 0 Å². The van der Waals surface area contributed by atoms with Crippen molar-refractivity contribution >= 4 is 0 Å². The fourth-order valence-corrected chi connectivity index (χ4v) is 2.58. The molecule has 0 aromatic heterocycles. The highest BCUT2D eigenvalue weighted by Crippen LogP contribution is 2.52. The van der Waals surface area contributed by atoms with Crippen LogP contribution in [-0.2, 0) is 0 Å². The molecule has 0 aromatic carbocycles. The first-order chi connectivity index (χ1) is 5.86. The Kier molecular flexibility index (Phi) is 1.50. The first kappa shape index (κ1) is 7.34. The lowest BCUT2D eigenvalue weighted by Crippen LogP contribution is -2.49. The molecule has 68 valence electrons. The fraction of sp³-hybridized carbons (Fsp3) is 1.00. The number of hydrogen-bond acceptors (Lipinski definition) is 2. The summed E-state index contributed by atoms with van der Waals surface area (Å²) in [4.78, 5) is 2.67. The summed E-state index contributed by atoms with van der Waals surface area (Å²) in [6, 6.07) is 0.832. The lowest BCUT2D eigenvalue weighted by atomic mass is 10.1. The average Bonchev–Trinajstić information content (AvgIpc) is 2.57. The molecule has 1 atom stereocenters. The highest BCUT2D eigenvalue weighted by Gasteiger charge is 2.47. The summed E-state index contributed by atoms with van der Waals surface area (Å²) in [7, 11) is 0. The molecular weight excluding hydrogens is 148 g/mol. The molecule has 2 saturated heterocycles. The van der Waals surface area contributed by atoms with Crippen LogP contribution in [0.15, 0.2) is 0 Å². The Morgan fingerprint density at radius 2 is 2.17 bits per heavy atom. The van der Waals surface area contributed by atoms with Crippen LogP contribution in [0.25, 0.3) is 0 Å². The van der Waals surface area contributed by atoms with Crippen LogP contribution in [0.1, 0.15) is 25.7 Å². The van der Waals surface area contributed by atoms with Crippen LogP contribution in [0.3, 0.4) is 0 Å². The van der Waals surface area contributed by atoms with Crippen molar-refractivity contribution in [3.05, 3.63) is 0 Å². The van der Waals surface area contributed by atoms with Crippen molar-refractivity contribution in [3.8, 4) is 0 Å². The second-order valence-electron chi connectivity index (χ2n) is 4.92. The van der Waals surface area contributed by atoms with Crippen molar-refractivity contribution in [2.24, 2.45) is 5.41 Å². The molecule has 2 nitrogen and oxygen atoms in total. The van der Waals surface area contributed by atoms with Crippen molar-refractivity contribution < 1.29 is 0 Å². The number of nitrogens with zero attached hydrogens (tertiary/aromatic N) is 1. The largest absolute Gasteiger partial charge is 0.313 e. The van der Waals surface area contributed by atoms with Crippen LogP contribution in [0.2, 0.25) is 0 Å². The van der Waals surface area contributed by atoms with E-state index in [0.29, 0.717) is 0 Å². The van der Waals surface area contributed by atoms with Gasteiger partial charge < -0.3 is 10.2 Å². The zero-order valence-corrected chi connectivity index (χ0v) is 7.68. The molecule has 12 heavy (non-hydrogen) atoms. The molecule has 3 aliphatic rings. The van der Waals surface area contributed by atoms with Gasteiger partial charge in [0.1, 0.15) is 0 Å². The van der Waals surface area contributed by atoms with Crippen molar-refractivity contribution in [1.29, 1.82) is 0 Å². The molecule has 1 N–H and O–H groups in total. The highest BCUT2D eigenvalue weighted by atomic mass is 15.2. The van der Waals surface area contributed by atoms with Gasteiger partial charge >= 0.3 is 0 Å². The molecule has 2 heteroatoms. The first-order valence-electron chi connectivity index (χ1n) is 5.32. The minimum Gasteiger partial charge on any atom is -0.313 e. The van der Waals surface area contributed by atoms with E-state index in [1.807, 2.05) is 0 Å². The van der Waals surface area contributed by atoms with E-state index in [0.717, 1.165) is 11.5 Å². The molecule has 1 aliphatic carbocycles. The van der Waals surface area contributed by atoms with Crippen molar-refractivity contribution in [2.45, 2.75) is 31.7 Å². The summed E-state index contributed by atoms with van der Waals surface area (Å²) in [6.07, 6.45) is 5.92. The molecule has 0 radical (unpaired) electrons. The zero-order chi connectivity index (χ0) is 8.02. The Balaban J connectivity index is 1.51. The van der Waals surface area contributed by atoms with Gasteiger partial charge in [-0.05, 0) is 44.2 Å². The maximum absolute atomic E-state index is 3.48. The van der Waals surface area contributed by atoms with Gasteiger partial charge in [-0.25, -0.2) is 0 Å². The second-order valence-corrected chi connectivity index (χ2v) is 4.92. The van der Waals surface area contributed by atoms with Crippen LogP contribution in [-0.4, -0.2) is 37.1 Å². The van der Waals surface area contributed by atoms with E-state index in [1.165, 1.54) is 51.9 Å². The van der Waals surface area contributed by atoms with Crippen LogP contribution in [0.5, 0.6) is 0 Å². The minimum absolute atomic E-state index is 0.823. The third kappa shape index (κ3) is 1.17. The molecule has 1 saturated carbocycles. The molecule has 1 spiro atoms. The van der Waals surface area contributed by atoms with E-state index in [4.69, 9.17) is 0 Å². The summed E-state index contributed by atoms with van der Waals surface area (Å²) in [6.45, 7) is 5.36. The fourth-order valence-electron chi connectivity index (χ4n) is 2.58. The lowest BCUT2D eigenvalue weighted by molar-refractivity contribution is 0.234. The Bertz CT molecular complexity index is 182. The maximum atomic E-state index is 3.48. The molecule has 3 fully saturated rings. The van der Waals surface area contributed by atoms with Gasteiger partial charge in [0, 0.05) is 19.1 Å². The van der Waals surface area contributed by atoms with E-state index >= 15 is 0 Å². The van der Waals surface area contributed by atoms with Crippen LogP contribution in [0.4, 0.5) is 0 Å². The van der Waals surface area contributed by atoms with E-state index < -0.39 is 0 Å². The smallest absolute Gasteiger partial charge is 0.0207 e. The third-order valence-corrected chi connectivity index (χ3v) is 3.88. The van der Waals surface area contributed by atoms with Gasteiger partial charge in [0.05, 0.1) is 0 Å². The summed E-state index contributed by atoms with van der Waals surface area (Å²) in [5.41, 5.74) is 0.823. The number of rotatable bonds is 2. The van der Waals surface area contributed by atoms with Crippen molar-refractivity contribution in [3.63, 3.8) is 0 Å². The topological polar surface area (TPSA) is 15.3 Å². The standard InChI is InChI=1S/C10H18N2/c1-5-11-9(1)7-12-6-4-10(8-12)2-3-10/h9,11H,1-8H2. The quantitative estimate of drug-likeness (QED) is 0.654. The average molecular weight is 166 g/mol. The molecule has 0 aromatic rings. The van der Waals surface area contributed by atoms with Gasteiger partial charge in [0.25, 0.3) is 0 Å². The molecule has 2 heterocycles. The maximum Gasteiger partial charge on any atom is 0.0207 e. The van der Waals surface area contributed by atoms with E-state index in [2.05, 4.69) is 10.2 Å². The third-order valence-electron chi connectivity index (χ3n) is 3.88. The van der Waals surface area contributed by atoms with Gasteiger partial charge in [-0.2, -0.15) is 0 Å². The second kappa shape index (κ2) is 2.46.